The summed E-state index contributed by atoms with van der Waals surface area (Å²) in [6, 6.07) is 6.32. The van der Waals surface area contributed by atoms with Gasteiger partial charge in [0, 0.05) is 24.7 Å². The molecular formula is C20H20N4O5S. The van der Waals surface area contributed by atoms with Crippen molar-refractivity contribution in [3.63, 3.8) is 0 Å². The Kier molecular flexibility index (Phi) is 6.32. The van der Waals surface area contributed by atoms with Gasteiger partial charge in [0.2, 0.25) is 0 Å². The molecule has 0 spiro atoms. The summed E-state index contributed by atoms with van der Waals surface area (Å²) in [5.74, 6) is -1.16. The minimum atomic E-state index is -0.598. The zero-order valence-corrected chi connectivity index (χ0v) is 17.4. The van der Waals surface area contributed by atoms with Gasteiger partial charge >= 0.3 is 5.97 Å². The highest BCUT2D eigenvalue weighted by atomic mass is 32.1. The summed E-state index contributed by atoms with van der Waals surface area (Å²) in [5.41, 5.74) is 1.03. The lowest BCUT2D eigenvalue weighted by Gasteiger charge is -2.17. The molecule has 1 aliphatic heterocycles. The maximum atomic E-state index is 12.7. The molecule has 0 atom stereocenters. The molecule has 2 aromatic rings. The number of esters is 1. The Bertz CT molecular complexity index is 1050. The summed E-state index contributed by atoms with van der Waals surface area (Å²) in [5, 5.41) is 23.8. The Labute approximate surface area is 177 Å². The molecule has 10 heteroatoms. The third-order valence-corrected chi connectivity index (χ3v) is 6.01. The van der Waals surface area contributed by atoms with Gasteiger partial charge in [-0.05, 0) is 44.4 Å². The van der Waals surface area contributed by atoms with Gasteiger partial charge in [-0.1, -0.05) is 0 Å². The van der Waals surface area contributed by atoms with Crippen molar-refractivity contribution < 1.29 is 19.2 Å². The molecule has 156 valence electrons. The molecule has 9 nitrogen and oxygen atoms in total. The first-order valence-corrected chi connectivity index (χ1v) is 10.2. The number of anilines is 2. The molecule has 2 heterocycles. The lowest BCUT2D eigenvalue weighted by atomic mass is 10.1. The number of nitriles is 1. The second kappa shape index (κ2) is 8.92. The van der Waals surface area contributed by atoms with Gasteiger partial charge in [-0.3, -0.25) is 14.9 Å². The quantitative estimate of drug-likeness (QED) is 0.420. The van der Waals surface area contributed by atoms with Crippen molar-refractivity contribution in [3.05, 3.63) is 49.9 Å². The number of ether oxygens (including phenoxy) is 1. The van der Waals surface area contributed by atoms with Gasteiger partial charge in [-0.2, -0.15) is 5.26 Å². The number of benzene rings is 1. The van der Waals surface area contributed by atoms with E-state index in [1.54, 1.807) is 19.9 Å². The van der Waals surface area contributed by atoms with Gasteiger partial charge in [0.05, 0.1) is 17.1 Å². The van der Waals surface area contributed by atoms with E-state index in [2.05, 4.69) is 5.32 Å². The lowest BCUT2D eigenvalue weighted by molar-refractivity contribution is -0.384. The number of hydrogen-bond donors (Lipinski definition) is 1. The molecule has 1 aromatic carbocycles. The number of amides is 1. The minimum absolute atomic E-state index is 0.0947. The van der Waals surface area contributed by atoms with Gasteiger partial charge < -0.3 is 15.0 Å². The summed E-state index contributed by atoms with van der Waals surface area (Å²) in [7, 11) is 0. The molecule has 0 saturated carbocycles. The molecule has 30 heavy (non-hydrogen) atoms. The SMILES string of the molecule is CCOC(=O)c1sc(NC(=O)c2ccc(N3CCCC3)c([N+](=O)[O-])c2)c(C#N)c1C. The van der Waals surface area contributed by atoms with E-state index in [9.17, 15) is 25.0 Å². The molecule has 3 rings (SSSR count). The van der Waals surface area contributed by atoms with Crippen LogP contribution in [0.3, 0.4) is 0 Å². The van der Waals surface area contributed by atoms with Crippen molar-refractivity contribution in [2.45, 2.75) is 26.7 Å². The number of rotatable bonds is 6. The minimum Gasteiger partial charge on any atom is -0.462 e. The number of nitrogens with one attached hydrogen (secondary N) is 1. The van der Waals surface area contributed by atoms with Gasteiger partial charge in [-0.15, -0.1) is 11.3 Å². The molecule has 0 bridgehead atoms. The van der Waals surface area contributed by atoms with Gasteiger partial charge in [0.25, 0.3) is 11.6 Å². The number of nitrogens with zero attached hydrogens (tertiary/aromatic N) is 3. The third-order valence-electron chi connectivity index (χ3n) is 4.83. The molecule has 1 N–H and O–H groups in total. The largest absolute Gasteiger partial charge is 0.462 e. The van der Waals surface area contributed by atoms with E-state index in [1.807, 2.05) is 11.0 Å². The van der Waals surface area contributed by atoms with Crippen molar-refractivity contribution in [2.24, 2.45) is 0 Å². The first-order chi connectivity index (χ1) is 14.4. The Morgan fingerprint density at radius 3 is 2.67 bits per heavy atom. The molecule has 1 saturated heterocycles. The molecule has 1 aromatic heterocycles. The van der Waals surface area contributed by atoms with Crippen molar-refractivity contribution in [1.82, 2.24) is 0 Å². The molecule has 0 radical (unpaired) electrons. The van der Waals surface area contributed by atoms with Crippen LogP contribution in [0, 0.1) is 28.4 Å². The molecule has 1 amide bonds. The van der Waals surface area contributed by atoms with Gasteiger partial charge in [-0.25, -0.2) is 4.79 Å². The van der Waals surface area contributed by atoms with Crippen molar-refractivity contribution in [1.29, 1.82) is 5.26 Å². The fraction of sp³-hybridized carbons (Fsp3) is 0.350. The van der Waals surface area contributed by atoms with Crippen LogP contribution in [0.15, 0.2) is 18.2 Å². The Balaban J connectivity index is 1.90. The first kappa shape index (κ1) is 21.3. The normalized spacial score (nSPS) is 13.0. The molecule has 1 aliphatic rings. The van der Waals surface area contributed by atoms with Crippen LogP contribution in [0.1, 0.15) is 50.9 Å². The maximum Gasteiger partial charge on any atom is 0.348 e. The standard InChI is InChI=1S/C20H20N4O5S/c1-3-29-20(26)17-12(2)14(11-21)19(30-17)22-18(25)13-6-7-15(16(10-13)24(27)28)23-8-4-5-9-23/h6-7,10H,3-5,8-9H2,1-2H3,(H,22,25). The Hall–Kier alpha value is -3.45. The van der Waals surface area contributed by atoms with Crippen LogP contribution < -0.4 is 10.2 Å². The Morgan fingerprint density at radius 2 is 2.07 bits per heavy atom. The monoisotopic (exact) mass is 428 g/mol. The fourth-order valence-electron chi connectivity index (χ4n) is 3.34. The van der Waals surface area contributed by atoms with E-state index in [4.69, 9.17) is 4.74 Å². The molecule has 0 unspecified atom stereocenters. The second-order valence-corrected chi connectivity index (χ2v) is 7.72. The average Bonchev–Trinajstić information content (AvgIpc) is 3.35. The van der Waals surface area contributed by atoms with Crippen molar-refractivity contribution >= 4 is 39.6 Å². The number of hydrogen-bond acceptors (Lipinski definition) is 8. The zero-order chi connectivity index (χ0) is 21.8. The molecule has 0 aliphatic carbocycles. The number of nitro groups is 1. The average molecular weight is 428 g/mol. The summed E-state index contributed by atoms with van der Waals surface area (Å²) in [4.78, 5) is 38.0. The van der Waals surface area contributed by atoms with E-state index >= 15 is 0 Å². The maximum absolute atomic E-state index is 12.7. The van der Waals surface area contributed by atoms with Crippen LogP contribution in [0.25, 0.3) is 0 Å². The van der Waals surface area contributed by atoms with Crippen LogP contribution in [-0.2, 0) is 4.74 Å². The zero-order valence-electron chi connectivity index (χ0n) is 16.6. The third kappa shape index (κ3) is 4.11. The summed E-state index contributed by atoms with van der Waals surface area (Å²) < 4.78 is 4.98. The highest BCUT2D eigenvalue weighted by Crippen LogP contribution is 2.35. The van der Waals surface area contributed by atoms with E-state index < -0.39 is 16.8 Å². The Morgan fingerprint density at radius 1 is 1.37 bits per heavy atom. The van der Waals surface area contributed by atoms with Crippen molar-refractivity contribution in [3.8, 4) is 6.07 Å². The van der Waals surface area contributed by atoms with Gasteiger partial charge in [0.1, 0.15) is 21.6 Å². The first-order valence-electron chi connectivity index (χ1n) is 9.42. The van der Waals surface area contributed by atoms with Crippen LogP contribution >= 0.6 is 11.3 Å². The van der Waals surface area contributed by atoms with E-state index in [0.717, 1.165) is 37.3 Å². The number of thiophene rings is 1. The van der Waals surface area contributed by atoms with Crippen LogP contribution in [0.4, 0.5) is 16.4 Å². The van der Waals surface area contributed by atoms with E-state index in [0.29, 0.717) is 11.3 Å². The highest BCUT2D eigenvalue weighted by Gasteiger charge is 2.26. The summed E-state index contributed by atoms with van der Waals surface area (Å²) >= 11 is 0.945. The predicted molar refractivity (Wildman–Crippen MR) is 112 cm³/mol. The second-order valence-electron chi connectivity index (χ2n) is 6.70. The smallest absolute Gasteiger partial charge is 0.348 e. The number of carbonyl (C=O) groups is 2. The summed E-state index contributed by atoms with van der Waals surface area (Å²) in [6.07, 6.45) is 1.94. The number of nitro benzene ring substituents is 1. The topological polar surface area (TPSA) is 126 Å². The van der Waals surface area contributed by atoms with Crippen molar-refractivity contribution in [2.75, 3.05) is 29.9 Å². The molecule has 1 fully saturated rings. The van der Waals surface area contributed by atoms with Crippen LogP contribution in [0.2, 0.25) is 0 Å². The predicted octanol–water partition coefficient (Wildman–Crippen LogP) is 3.87. The highest BCUT2D eigenvalue weighted by molar-refractivity contribution is 7.18. The number of carbonyl (C=O) groups excluding carboxylic acids is 2. The summed E-state index contributed by atoms with van der Waals surface area (Å²) in [6.45, 7) is 4.94. The van der Waals surface area contributed by atoms with E-state index in [-0.39, 0.29) is 33.3 Å². The van der Waals surface area contributed by atoms with Crippen LogP contribution in [-0.4, -0.2) is 36.5 Å². The lowest BCUT2D eigenvalue weighted by Crippen LogP contribution is -2.19. The van der Waals surface area contributed by atoms with Gasteiger partial charge in [0.15, 0.2) is 0 Å². The van der Waals surface area contributed by atoms with Crippen LogP contribution in [0.5, 0.6) is 0 Å². The van der Waals surface area contributed by atoms with E-state index in [1.165, 1.54) is 12.1 Å². The fourth-order valence-corrected chi connectivity index (χ4v) is 4.39. The molecular weight excluding hydrogens is 408 g/mol.